The molecule has 0 radical (unpaired) electrons. The summed E-state index contributed by atoms with van der Waals surface area (Å²) in [5.74, 6) is -0.919. The van der Waals surface area contributed by atoms with Crippen molar-refractivity contribution in [2.75, 3.05) is 13.2 Å². The highest BCUT2D eigenvalue weighted by Crippen LogP contribution is 2.15. The summed E-state index contributed by atoms with van der Waals surface area (Å²) >= 11 is 0. The minimum Gasteiger partial charge on any atom is -0.462 e. The highest BCUT2D eigenvalue weighted by molar-refractivity contribution is 5.71. The number of ether oxygens (including phenoxy) is 3. The van der Waals surface area contributed by atoms with Crippen LogP contribution < -0.4 is 0 Å². The van der Waals surface area contributed by atoms with E-state index in [1.165, 1.54) is 135 Å². The summed E-state index contributed by atoms with van der Waals surface area (Å²) in [6.45, 7) is 6.47. The van der Waals surface area contributed by atoms with Gasteiger partial charge in [0.15, 0.2) is 6.10 Å². The normalized spacial score (nSPS) is 12.4. The molecule has 0 aromatic carbocycles. The summed E-state index contributed by atoms with van der Waals surface area (Å²) < 4.78 is 16.7. The molecule has 1 unspecified atom stereocenters. The molecule has 0 N–H and O–H groups in total. The molecule has 0 spiro atoms. The van der Waals surface area contributed by atoms with E-state index < -0.39 is 6.10 Å². The number of allylic oxidation sites excluding steroid dienone is 8. The van der Waals surface area contributed by atoms with Crippen LogP contribution in [0.4, 0.5) is 0 Å². The van der Waals surface area contributed by atoms with E-state index in [0.717, 1.165) is 77.0 Å². The van der Waals surface area contributed by atoms with Crippen LogP contribution >= 0.6 is 0 Å². The van der Waals surface area contributed by atoms with Crippen molar-refractivity contribution in [1.29, 1.82) is 0 Å². The fraction of sp³-hybridized carbons (Fsp3) is 0.792. The van der Waals surface area contributed by atoms with Gasteiger partial charge >= 0.3 is 17.9 Å². The molecule has 0 aliphatic rings. The summed E-state index contributed by atoms with van der Waals surface area (Å²) in [5, 5.41) is 0. The number of rotatable bonds is 45. The largest absolute Gasteiger partial charge is 0.462 e. The van der Waals surface area contributed by atoms with Crippen molar-refractivity contribution >= 4 is 17.9 Å². The molecule has 0 amide bonds. The number of hydrogen-bond acceptors (Lipinski definition) is 6. The van der Waals surface area contributed by atoms with Crippen molar-refractivity contribution in [2.45, 2.75) is 258 Å². The van der Waals surface area contributed by atoms with Crippen LogP contribution in [0.15, 0.2) is 48.6 Å². The maximum atomic E-state index is 12.7. The van der Waals surface area contributed by atoms with Crippen molar-refractivity contribution in [3.05, 3.63) is 48.6 Å². The molecule has 0 saturated carbocycles. The van der Waals surface area contributed by atoms with Gasteiger partial charge in [-0.05, 0) is 70.6 Å². The van der Waals surface area contributed by atoms with E-state index in [1.54, 1.807) is 0 Å². The van der Waals surface area contributed by atoms with Crippen LogP contribution in [0, 0.1) is 0 Å². The molecule has 1 atom stereocenters. The van der Waals surface area contributed by atoms with Gasteiger partial charge in [-0.2, -0.15) is 0 Å². The molecule has 0 bridgehead atoms. The lowest BCUT2D eigenvalue weighted by atomic mass is 10.0. The van der Waals surface area contributed by atoms with Crippen LogP contribution in [0.3, 0.4) is 0 Å². The third-order valence-electron chi connectivity index (χ3n) is 10.8. The van der Waals surface area contributed by atoms with Gasteiger partial charge in [-0.15, -0.1) is 0 Å². The van der Waals surface area contributed by atoms with E-state index in [2.05, 4.69) is 69.4 Å². The summed E-state index contributed by atoms with van der Waals surface area (Å²) in [7, 11) is 0. The average molecular weight is 827 g/mol. The van der Waals surface area contributed by atoms with Gasteiger partial charge in [-0.1, -0.05) is 211 Å². The Bertz CT molecular complexity index is 1040. The van der Waals surface area contributed by atoms with E-state index >= 15 is 0 Å². The van der Waals surface area contributed by atoms with E-state index in [4.69, 9.17) is 14.2 Å². The van der Waals surface area contributed by atoms with Crippen LogP contribution in [-0.2, 0) is 28.6 Å². The third kappa shape index (κ3) is 46.3. The van der Waals surface area contributed by atoms with E-state index in [1.807, 2.05) is 0 Å². The lowest BCUT2D eigenvalue weighted by Gasteiger charge is -2.18. The van der Waals surface area contributed by atoms with Gasteiger partial charge in [0.25, 0.3) is 0 Å². The van der Waals surface area contributed by atoms with Gasteiger partial charge in [-0.3, -0.25) is 14.4 Å². The van der Waals surface area contributed by atoms with E-state index in [-0.39, 0.29) is 31.1 Å². The van der Waals surface area contributed by atoms with Crippen molar-refractivity contribution in [2.24, 2.45) is 0 Å². The molecule has 0 saturated heterocycles. The number of unbranched alkanes of at least 4 members (excludes halogenated alkanes) is 26. The fourth-order valence-electron chi connectivity index (χ4n) is 7.05. The first kappa shape index (κ1) is 56.4. The maximum absolute atomic E-state index is 12.7. The summed E-state index contributed by atoms with van der Waals surface area (Å²) in [5.41, 5.74) is 0. The first-order chi connectivity index (χ1) is 29.0. The molecular formula is C53H94O6. The number of carbonyl (C=O) groups excluding carboxylic acids is 3. The molecule has 0 aliphatic carbocycles. The number of carbonyl (C=O) groups is 3. The van der Waals surface area contributed by atoms with Gasteiger partial charge in [-0.25, -0.2) is 0 Å². The molecule has 0 aromatic rings. The summed E-state index contributed by atoms with van der Waals surface area (Å²) in [6, 6.07) is 0. The fourth-order valence-corrected chi connectivity index (χ4v) is 7.05. The minimum absolute atomic E-state index is 0.0823. The molecule has 6 nitrogen and oxygen atoms in total. The first-order valence-corrected chi connectivity index (χ1v) is 25.1. The second-order valence-corrected chi connectivity index (χ2v) is 16.7. The first-order valence-electron chi connectivity index (χ1n) is 25.1. The van der Waals surface area contributed by atoms with Gasteiger partial charge < -0.3 is 14.2 Å². The second kappa shape index (κ2) is 48.0. The molecular weight excluding hydrogens is 733 g/mol. The van der Waals surface area contributed by atoms with Crippen LogP contribution in [0.25, 0.3) is 0 Å². The Labute approximate surface area is 365 Å². The topological polar surface area (TPSA) is 78.9 Å². The van der Waals surface area contributed by atoms with Gasteiger partial charge in [0.1, 0.15) is 13.2 Å². The Morgan fingerprint density at radius 1 is 0.356 bits per heavy atom. The Kier molecular flexibility index (Phi) is 45.9. The molecule has 0 aliphatic heterocycles. The molecule has 0 aromatic heterocycles. The predicted molar refractivity (Wildman–Crippen MR) is 252 cm³/mol. The van der Waals surface area contributed by atoms with Crippen LogP contribution in [0.5, 0.6) is 0 Å². The predicted octanol–water partition coefficient (Wildman–Crippen LogP) is 16.3. The van der Waals surface area contributed by atoms with Crippen LogP contribution in [0.2, 0.25) is 0 Å². The van der Waals surface area contributed by atoms with Gasteiger partial charge in [0.2, 0.25) is 0 Å². The van der Waals surface area contributed by atoms with E-state index in [0.29, 0.717) is 19.3 Å². The Morgan fingerprint density at radius 3 is 1.14 bits per heavy atom. The number of esters is 3. The standard InChI is InChI=1S/C53H94O6/c1-4-7-10-13-16-19-21-23-24-25-26-27-28-30-31-34-37-40-43-46-52(55)58-49-50(48-57-51(54)45-42-39-36-33-18-15-12-9-6-3)59-53(56)47-44-41-38-35-32-29-22-20-17-14-11-8-5-2/h7,10,16,19,23-24,33,36,50H,4-6,8-9,11-15,17-18,20-22,25-32,34-35,37-49H2,1-3H3/b10-7-,19-16-,24-23-,36-33-. The monoisotopic (exact) mass is 827 g/mol. The zero-order chi connectivity index (χ0) is 43.0. The highest BCUT2D eigenvalue weighted by Gasteiger charge is 2.19. The van der Waals surface area contributed by atoms with Crippen molar-refractivity contribution < 1.29 is 28.6 Å². The van der Waals surface area contributed by atoms with Crippen LogP contribution in [-0.4, -0.2) is 37.2 Å². The smallest absolute Gasteiger partial charge is 0.306 e. The molecule has 0 fully saturated rings. The quantitative estimate of drug-likeness (QED) is 0.0263. The Balaban J connectivity index is 4.30. The molecule has 59 heavy (non-hydrogen) atoms. The molecule has 6 heteroatoms. The van der Waals surface area contributed by atoms with Crippen molar-refractivity contribution in [3.63, 3.8) is 0 Å². The van der Waals surface area contributed by atoms with Crippen LogP contribution in [0.1, 0.15) is 252 Å². The zero-order valence-corrected chi connectivity index (χ0v) is 39.0. The SMILES string of the molecule is CC/C=C\C/C=C\C/C=C\CCCCCCCCCCCC(=O)OCC(COC(=O)CCC/C=C\CCCCCC)OC(=O)CCCCCCCCCCCCCCC. The summed E-state index contributed by atoms with van der Waals surface area (Å²) in [4.78, 5) is 37.8. The average Bonchev–Trinajstić information content (AvgIpc) is 3.23. The third-order valence-corrected chi connectivity index (χ3v) is 10.8. The minimum atomic E-state index is -0.781. The molecule has 342 valence electrons. The Morgan fingerprint density at radius 2 is 0.678 bits per heavy atom. The molecule has 0 heterocycles. The second-order valence-electron chi connectivity index (χ2n) is 16.7. The van der Waals surface area contributed by atoms with Gasteiger partial charge in [0.05, 0.1) is 0 Å². The Hall–Kier alpha value is -2.63. The molecule has 0 rings (SSSR count). The number of hydrogen-bond donors (Lipinski definition) is 0. The maximum Gasteiger partial charge on any atom is 0.306 e. The van der Waals surface area contributed by atoms with Crippen molar-refractivity contribution in [1.82, 2.24) is 0 Å². The van der Waals surface area contributed by atoms with E-state index in [9.17, 15) is 14.4 Å². The lowest BCUT2D eigenvalue weighted by molar-refractivity contribution is -0.167. The highest BCUT2D eigenvalue weighted by atomic mass is 16.6. The van der Waals surface area contributed by atoms with Crippen molar-refractivity contribution in [3.8, 4) is 0 Å². The van der Waals surface area contributed by atoms with Gasteiger partial charge in [0, 0.05) is 19.3 Å². The summed E-state index contributed by atoms with van der Waals surface area (Å²) in [6.07, 6.45) is 56.8. The zero-order valence-electron chi connectivity index (χ0n) is 39.0. The lowest BCUT2D eigenvalue weighted by Crippen LogP contribution is -2.30.